The highest BCUT2D eigenvalue weighted by Gasteiger charge is 2.47. The Morgan fingerprint density at radius 1 is 1.13 bits per heavy atom. The van der Waals surface area contributed by atoms with Crippen molar-refractivity contribution in [3.05, 3.63) is 53.6 Å². The van der Waals surface area contributed by atoms with Crippen LogP contribution in [0.4, 0.5) is 0 Å². The van der Waals surface area contributed by atoms with Gasteiger partial charge in [-0.15, -0.1) is 5.92 Å². The predicted molar refractivity (Wildman–Crippen MR) is 116 cm³/mol. The van der Waals surface area contributed by atoms with Crippen LogP contribution in [0.15, 0.2) is 42.5 Å². The van der Waals surface area contributed by atoms with E-state index in [9.17, 15) is 9.90 Å². The molecule has 0 bridgehead atoms. The summed E-state index contributed by atoms with van der Waals surface area (Å²) in [7, 11) is 1.62. The minimum absolute atomic E-state index is 0.188. The number of ether oxygens (including phenoxy) is 3. The fourth-order valence-electron chi connectivity index (χ4n) is 4.44. The molecule has 2 aliphatic heterocycles. The molecule has 2 aliphatic rings. The molecule has 6 heteroatoms. The highest BCUT2D eigenvalue weighted by Crippen LogP contribution is 2.47. The first-order valence-electron chi connectivity index (χ1n) is 10.6. The van der Waals surface area contributed by atoms with Gasteiger partial charge in [-0.1, -0.05) is 31.0 Å². The van der Waals surface area contributed by atoms with E-state index < -0.39 is 11.9 Å². The number of benzene rings is 2. The molecule has 1 saturated heterocycles. The number of hydrogen-bond donors (Lipinski definition) is 1. The fraction of sp³-hybridized carbons (Fsp3) is 0.400. The first-order chi connectivity index (χ1) is 15.1. The van der Waals surface area contributed by atoms with Crippen LogP contribution in [0.2, 0.25) is 0 Å². The van der Waals surface area contributed by atoms with Crippen molar-refractivity contribution < 1.29 is 24.1 Å². The monoisotopic (exact) mass is 421 g/mol. The van der Waals surface area contributed by atoms with E-state index in [4.69, 9.17) is 14.2 Å². The number of rotatable bonds is 6. The van der Waals surface area contributed by atoms with Crippen LogP contribution in [0.25, 0.3) is 0 Å². The van der Waals surface area contributed by atoms with Crippen molar-refractivity contribution >= 4 is 5.97 Å². The van der Waals surface area contributed by atoms with Crippen molar-refractivity contribution in [2.75, 3.05) is 27.0 Å². The maximum atomic E-state index is 12.5. The third kappa shape index (κ3) is 4.33. The molecule has 0 radical (unpaired) electrons. The number of unbranched alkanes of at least 4 members (excludes halogenated alkanes) is 1. The maximum absolute atomic E-state index is 12.5. The molecule has 2 heterocycles. The number of carboxylic acids is 1. The topological polar surface area (TPSA) is 68.2 Å². The molecular formula is C25H27NO5. The van der Waals surface area contributed by atoms with Crippen molar-refractivity contribution in [1.29, 1.82) is 0 Å². The first-order valence-corrected chi connectivity index (χ1v) is 10.6. The Kier molecular flexibility index (Phi) is 6.34. The van der Waals surface area contributed by atoms with Gasteiger partial charge in [-0.2, -0.15) is 0 Å². The van der Waals surface area contributed by atoms with E-state index in [1.54, 1.807) is 7.11 Å². The lowest BCUT2D eigenvalue weighted by Crippen LogP contribution is -2.29. The van der Waals surface area contributed by atoms with Crippen molar-refractivity contribution in [1.82, 2.24) is 4.90 Å². The van der Waals surface area contributed by atoms with Gasteiger partial charge in [0.1, 0.15) is 5.75 Å². The van der Waals surface area contributed by atoms with Gasteiger partial charge in [0, 0.05) is 24.9 Å². The Bertz CT molecular complexity index is 991. The fourth-order valence-corrected chi connectivity index (χ4v) is 4.44. The summed E-state index contributed by atoms with van der Waals surface area (Å²) in [5.41, 5.74) is 1.90. The number of carbonyl (C=O) groups is 1. The zero-order chi connectivity index (χ0) is 21.8. The summed E-state index contributed by atoms with van der Waals surface area (Å²) in [5, 5.41) is 10.3. The van der Waals surface area contributed by atoms with Crippen LogP contribution in [0, 0.1) is 17.8 Å². The molecule has 1 unspecified atom stereocenters. The van der Waals surface area contributed by atoms with Gasteiger partial charge >= 0.3 is 5.97 Å². The molecule has 1 fully saturated rings. The molecule has 6 nitrogen and oxygen atoms in total. The van der Waals surface area contributed by atoms with Crippen molar-refractivity contribution in [3.8, 4) is 29.1 Å². The zero-order valence-corrected chi connectivity index (χ0v) is 17.8. The Hall–Kier alpha value is -3.17. The lowest BCUT2D eigenvalue weighted by atomic mass is 9.82. The molecular weight excluding hydrogens is 394 g/mol. The van der Waals surface area contributed by atoms with Crippen LogP contribution in [0.5, 0.6) is 17.2 Å². The molecule has 31 heavy (non-hydrogen) atoms. The summed E-state index contributed by atoms with van der Waals surface area (Å²) < 4.78 is 16.2. The highest BCUT2D eigenvalue weighted by atomic mass is 16.7. The van der Waals surface area contributed by atoms with Gasteiger partial charge < -0.3 is 19.3 Å². The molecule has 0 aromatic heterocycles. The number of hydrogen-bond acceptors (Lipinski definition) is 5. The number of nitrogens with zero attached hydrogens (tertiary/aromatic N) is 1. The van der Waals surface area contributed by atoms with Gasteiger partial charge in [0.05, 0.1) is 19.6 Å². The molecule has 2 aromatic carbocycles. The second-order valence-electron chi connectivity index (χ2n) is 7.83. The summed E-state index contributed by atoms with van der Waals surface area (Å²) >= 11 is 0. The Labute approximate surface area is 182 Å². The van der Waals surface area contributed by atoms with Crippen LogP contribution in [0.1, 0.15) is 42.9 Å². The minimum Gasteiger partial charge on any atom is -0.497 e. The SMILES string of the molecule is CCCC#CCN1CC(c2ccc3c(c2)OCO3)[C@H](C(=O)O)[C@H]1c1ccc(OC)cc1. The number of methoxy groups -OCH3 is 1. The third-order valence-corrected chi connectivity index (χ3v) is 5.95. The Morgan fingerprint density at radius 3 is 2.58 bits per heavy atom. The van der Waals surface area contributed by atoms with Crippen molar-refractivity contribution in [2.45, 2.75) is 31.7 Å². The molecule has 0 saturated carbocycles. The summed E-state index contributed by atoms with van der Waals surface area (Å²) in [6, 6.07) is 13.1. The second kappa shape index (κ2) is 9.32. The van der Waals surface area contributed by atoms with Gasteiger partial charge in [0.15, 0.2) is 11.5 Å². The first kappa shape index (κ1) is 21.1. The Morgan fingerprint density at radius 2 is 1.87 bits per heavy atom. The van der Waals surface area contributed by atoms with Crippen molar-refractivity contribution in [2.24, 2.45) is 5.92 Å². The second-order valence-corrected chi connectivity index (χ2v) is 7.83. The molecule has 0 spiro atoms. The van der Waals surface area contributed by atoms with E-state index in [0.29, 0.717) is 24.6 Å². The minimum atomic E-state index is -0.812. The lowest BCUT2D eigenvalue weighted by Gasteiger charge is -2.26. The summed E-state index contributed by atoms with van der Waals surface area (Å²) in [4.78, 5) is 14.7. The third-order valence-electron chi connectivity index (χ3n) is 5.95. The molecule has 4 rings (SSSR count). The molecule has 1 N–H and O–H groups in total. The maximum Gasteiger partial charge on any atom is 0.309 e. The van der Waals surface area contributed by atoms with Gasteiger partial charge in [-0.05, 0) is 41.8 Å². The van der Waals surface area contributed by atoms with Gasteiger partial charge in [0.25, 0.3) is 0 Å². The van der Waals surface area contributed by atoms with Crippen LogP contribution in [-0.2, 0) is 4.79 Å². The van der Waals surface area contributed by atoms with E-state index in [2.05, 4.69) is 23.7 Å². The smallest absolute Gasteiger partial charge is 0.309 e. The summed E-state index contributed by atoms with van der Waals surface area (Å²) in [5.74, 6) is 6.93. The van der Waals surface area contributed by atoms with Crippen LogP contribution < -0.4 is 14.2 Å². The number of likely N-dealkylation sites (tertiary alicyclic amines) is 1. The predicted octanol–water partition coefficient (Wildman–Crippen LogP) is 4.07. The molecule has 2 aromatic rings. The van der Waals surface area contributed by atoms with Gasteiger partial charge in [-0.3, -0.25) is 9.69 Å². The average molecular weight is 421 g/mol. The molecule has 0 aliphatic carbocycles. The van der Waals surface area contributed by atoms with Gasteiger partial charge in [0.2, 0.25) is 6.79 Å². The standard InChI is InChI=1S/C25H27NO5/c1-3-4-5-6-13-26-15-20(18-9-12-21-22(14-18)31-16-30-21)23(25(27)28)24(26)17-7-10-19(29-2)11-8-17/h7-12,14,20,23-24H,3-4,13,15-16H2,1-2H3,(H,27,28)/t20?,23-,24+/m0/s1. The Balaban J connectivity index is 1.70. The average Bonchev–Trinajstić information content (AvgIpc) is 3.41. The summed E-state index contributed by atoms with van der Waals surface area (Å²) in [6.07, 6.45) is 1.85. The van der Waals surface area contributed by atoms with E-state index in [1.807, 2.05) is 42.5 Å². The normalized spacial score (nSPS) is 22.1. The van der Waals surface area contributed by atoms with Gasteiger partial charge in [-0.25, -0.2) is 0 Å². The zero-order valence-electron chi connectivity index (χ0n) is 17.8. The molecule has 162 valence electrons. The number of fused-ring (bicyclic) bond motifs is 1. The van der Waals surface area contributed by atoms with E-state index in [-0.39, 0.29) is 18.8 Å². The van der Waals surface area contributed by atoms with Crippen LogP contribution >= 0.6 is 0 Å². The lowest BCUT2D eigenvalue weighted by molar-refractivity contribution is -0.143. The largest absolute Gasteiger partial charge is 0.497 e. The van der Waals surface area contributed by atoms with E-state index >= 15 is 0 Å². The quantitative estimate of drug-likeness (QED) is 0.710. The van der Waals surface area contributed by atoms with Crippen LogP contribution in [0.3, 0.4) is 0 Å². The van der Waals surface area contributed by atoms with Crippen molar-refractivity contribution in [3.63, 3.8) is 0 Å². The number of aliphatic carboxylic acids is 1. The van der Waals surface area contributed by atoms with E-state index in [1.165, 1.54) is 0 Å². The molecule has 3 atom stereocenters. The van der Waals surface area contributed by atoms with E-state index in [0.717, 1.165) is 29.7 Å². The van der Waals surface area contributed by atoms with Crippen LogP contribution in [-0.4, -0.2) is 43.0 Å². The molecule has 0 amide bonds. The number of carboxylic acid groups (broad SMARTS) is 1. The highest BCUT2D eigenvalue weighted by molar-refractivity contribution is 5.74. The summed E-state index contributed by atoms with van der Waals surface area (Å²) in [6.45, 7) is 3.43.